The minimum atomic E-state index is -2.81. The van der Waals surface area contributed by atoms with E-state index >= 15 is 0 Å². The normalized spacial score (nSPS) is 25.4. The maximum absolute atomic E-state index is 14.1. The molecule has 0 spiro atoms. The lowest BCUT2D eigenvalue weighted by molar-refractivity contribution is -0.105. The molecule has 1 saturated heterocycles. The van der Waals surface area contributed by atoms with E-state index in [0.29, 0.717) is 17.7 Å². The van der Waals surface area contributed by atoms with Gasteiger partial charge in [0.25, 0.3) is 0 Å². The zero-order valence-corrected chi connectivity index (χ0v) is 13.7. The molecule has 1 aliphatic heterocycles. The molecule has 1 aromatic carbocycles. The van der Waals surface area contributed by atoms with Crippen molar-refractivity contribution in [1.29, 1.82) is 5.41 Å². The summed E-state index contributed by atoms with van der Waals surface area (Å²) in [6.07, 6.45) is 0.514. The first kappa shape index (κ1) is 16.6. The molecule has 1 heterocycles. The van der Waals surface area contributed by atoms with Crippen molar-refractivity contribution in [2.75, 3.05) is 25.2 Å². The van der Waals surface area contributed by atoms with Crippen LogP contribution in [0.1, 0.15) is 18.5 Å². The summed E-state index contributed by atoms with van der Waals surface area (Å²) in [6, 6.07) is 3.65. The molecular formula is C14H21FN4O2S. The van der Waals surface area contributed by atoms with Gasteiger partial charge in [-0.2, -0.15) is 0 Å². The van der Waals surface area contributed by atoms with Gasteiger partial charge in [-0.1, -0.05) is 0 Å². The molecule has 22 heavy (non-hydrogen) atoms. The number of hydrogen-bond acceptors (Lipinski definition) is 3. The highest BCUT2D eigenvalue weighted by Crippen LogP contribution is 2.31. The number of halogens is 1. The van der Waals surface area contributed by atoms with Crippen molar-refractivity contribution in [3.05, 3.63) is 29.6 Å². The van der Waals surface area contributed by atoms with Gasteiger partial charge in [0.1, 0.15) is 11.7 Å². The van der Waals surface area contributed by atoms with Crippen LogP contribution in [0.15, 0.2) is 18.2 Å². The second-order valence-corrected chi connectivity index (χ2v) is 9.02. The SMILES string of the molecule is C[C@@H]1C(=N)NC(c2cc(NC=O)ccc2F)C[SH]1(=O)N(C)C. The van der Waals surface area contributed by atoms with Crippen molar-refractivity contribution in [1.82, 2.24) is 9.62 Å². The van der Waals surface area contributed by atoms with E-state index in [2.05, 4.69) is 10.6 Å². The van der Waals surface area contributed by atoms with E-state index in [1.807, 2.05) is 0 Å². The van der Waals surface area contributed by atoms with Gasteiger partial charge in [0, 0.05) is 17.0 Å². The van der Waals surface area contributed by atoms with Crippen molar-refractivity contribution in [2.45, 2.75) is 18.2 Å². The molecule has 2 atom stereocenters. The van der Waals surface area contributed by atoms with Gasteiger partial charge in [-0.25, -0.2) is 4.39 Å². The van der Waals surface area contributed by atoms with Gasteiger partial charge in [0.15, 0.2) is 0 Å². The van der Waals surface area contributed by atoms with Gasteiger partial charge in [-0.3, -0.25) is 18.7 Å². The first-order valence-electron chi connectivity index (χ1n) is 6.90. The molecule has 1 amide bonds. The van der Waals surface area contributed by atoms with Crippen LogP contribution in [0.3, 0.4) is 0 Å². The van der Waals surface area contributed by atoms with Crippen LogP contribution >= 0.6 is 0 Å². The van der Waals surface area contributed by atoms with Gasteiger partial charge < -0.3 is 10.6 Å². The summed E-state index contributed by atoms with van der Waals surface area (Å²) in [7, 11) is 0.617. The number of anilines is 1. The van der Waals surface area contributed by atoms with E-state index < -0.39 is 27.2 Å². The molecule has 0 radical (unpaired) electrons. The highest BCUT2D eigenvalue weighted by molar-refractivity contribution is 8.02. The second kappa shape index (κ2) is 6.13. The smallest absolute Gasteiger partial charge is 0.211 e. The highest BCUT2D eigenvalue weighted by Gasteiger charge is 2.38. The molecule has 1 aliphatic rings. The van der Waals surface area contributed by atoms with Gasteiger partial charge >= 0.3 is 0 Å². The molecule has 1 aromatic rings. The fraction of sp³-hybridized carbons (Fsp3) is 0.429. The maximum Gasteiger partial charge on any atom is 0.211 e. The van der Waals surface area contributed by atoms with E-state index in [1.54, 1.807) is 25.3 Å². The van der Waals surface area contributed by atoms with Gasteiger partial charge in [-0.05, 0) is 49.3 Å². The molecule has 0 saturated carbocycles. The van der Waals surface area contributed by atoms with E-state index in [0.717, 1.165) is 0 Å². The number of nitrogens with zero attached hydrogens (tertiary/aromatic N) is 1. The van der Waals surface area contributed by atoms with Crippen LogP contribution in [-0.4, -0.2) is 45.9 Å². The molecule has 3 N–H and O–H groups in total. The molecule has 1 fully saturated rings. The lowest BCUT2D eigenvalue weighted by Gasteiger charge is -2.44. The second-order valence-electron chi connectivity index (χ2n) is 5.57. The molecule has 2 rings (SSSR count). The van der Waals surface area contributed by atoms with Gasteiger partial charge in [-0.15, -0.1) is 0 Å². The summed E-state index contributed by atoms with van der Waals surface area (Å²) < 4.78 is 28.9. The van der Waals surface area contributed by atoms with Crippen molar-refractivity contribution >= 4 is 28.1 Å². The standard InChI is InChI=1S/C14H21FN4O2S/c1-9-14(16)18-13(7-22(9,21)19(2)3)11-6-10(17-8-20)4-5-12(11)15/h4-6,8-9,13,22H,7H2,1-3H3,(H2,16,18)(H,17,20)/t9-,13?/m1/s1. The average molecular weight is 328 g/mol. The Labute approximate surface area is 130 Å². The average Bonchev–Trinajstić information content (AvgIpc) is 2.46. The third kappa shape index (κ3) is 2.89. The predicted octanol–water partition coefficient (Wildman–Crippen LogP) is 0.897. The number of amidine groups is 1. The number of nitrogens with one attached hydrogen (secondary N) is 3. The highest BCUT2D eigenvalue weighted by atomic mass is 32.3. The summed E-state index contributed by atoms with van der Waals surface area (Å²) >= 11 is 0. The largest absolute Gasteiger partial charge is 0.365 e. The summed E-state index contributed by atoms with van der Waals surface area (Å²) in [5.74, 6) is -0.0894. The van der Waals surface area contributed by atoms with E-state index in [1.165, 1.54) is 18.2 Å². The zero-order valence-electron chi connectivity index (χ0n) is 12.8. The van der Waals surface area contributed by atoms with Crippen LogP contribution in [-0.2, 0) is 14.9 Å². The van der Waals surface area contributed by atoms with Crippen molar-refractivity contribution in [3.8, 4) is 0 Å². The minimum Gasteiger partial charge on any atom is -0.365 e. The number of amides is 1. The monoisotopic (exact) mass is 328 g/mol. The van der Waals surface area contributed by atoms with Crippen LogP contribution in [0.25, 0.3) is 0 Å². The Bertz CT molecular complexity index is 650. The van der Waals surface area contributed by atoms with Gasteiger partial charge in [0.05, 0.1) is 11.3 Å². The number of thiol groups is 1. The Morgan fingerprint density at radius 1 is 1.50 bits per heavy atom. The lowest BCUT2D eigenvalue weighted by Crippen LogP contribution is -2.57. The Kier molecular flexibility index (Phi) is 4.62. The third-order valence-corrected chi connectivity index (χ3v) is 7.78. The summed E-state index contributed by atoms with van der Waals surface area (Å²) in [4.78, 5) is 10.5. The number of hydrogen-bond donors (Lipinski definition) is 4. The van der Waals surface area contributed by atoms with Crippen LogP contribution in [0, 0.1) is 11.2 Å². The van der Waals surface area contributed by atoms with Gasteiger partial charge in [0.2, 0.25) is 6.41 Å². The zero-order chi connectivity index (χ0) is 16.5. The van der Waals surface area contributed by atoms with E-state index in [-0.39, 0.29) is 11.6 Å². The summed E-state index contributed by atoms with van der Waals surface area (Å²) in [5.41, 5.74) is 0.753. The fourth-order valence-electron chi connectivity index (χ4n) is 2.63. The quantitative estimate of drug-likeness (QED) is 0.489. The van der Waals surface area contributed by atoms with E-state index in [4.69, 9.17) is 5.41 Å². The minimum absolute atomic E-state index is 0.140. The number of carbonyl (C=O) groups excluding carboxylic acids is 1. The molecule has 8 heteroatoms. The van der Waals surface area contributed by atoms with Crippen molar-refractivity contribution in [2.24, 2.45) is 0 Å². The predicted molar refractivity (Wildman–Crippen MR) is 87.2 cm³/mol. The fourth-order valence-corrected chi connectivity index (χ4v) is 5.25. The number of rotatable bonds is 4. The third-order valence-electron chi connectivity index (χ3n) is 4.07. The van der Waals surface area contributed by atoms with Crippen molar-refractivity contribution < 1.29 is 13.4 Å². The Morgan fingerprint density at radius 2 is 2.18 bits per heavy atom. The molecule has 6 nitrogen and oxygen atoms in total. The van der Waals surface area contributed by atoms with E-state index in [9.17, 15) is 13.4 Å². The topological polar surface area (TPSA) is 85.3 Å². The lowest BCUT2D eigenvalue weighted by atomic mass is 10.1. The Hall–Kier alpha value is -1.80. The van der Waals surface area contributed by atoms with Crippen LogP contribution < -0.4 is 10.6 Å². The van der Waals surface area contributed by atoms with Crippen LogP contribution in [0.2, 0.25) is 0 Å². The molecule has 0 aromatic heterocycles. The Balaban J connectivity index is 2.41. The number of carbonyl (C=O) groups is 1. The first-order valence-corrected chi connectivity index (χ1v) is 8.82. The molecule has 122 valence electrons. The van der Waals surface area contributed by atoms with Crippen LogP contribution in [0.5, 0.6) is 0 Å². The summed E-state index contributed by atoms with van der Waals surface area (Å²) in [6.45, 7) is 1.74. The Morgan fingerprint density at radius 3 is 2.77 bits per heavy atom. The van der Waals surface area contributed by atoms with Crippen molar-refractivity contribution in [3.63, 3.8) is 0 Å². The summed E-state index contributed by atoms with van der Waals surface area (Å²) in [5, 5.41) is 13.0. The number of benzene rings is 1. The molecule has 0 aliphatic carbocycles. The van der Waals surface area contributed by atoms with Crippen LogP contribution in [0.4, 0.5) is 10.1 Å². The molecule has 0 bridgehead atoms. The molecular weight excluding hydrogens is 307 g/mol. The first-order chi connectivity index (χ1) is 10.3. The maximum atomic E-state index is 14.1. The molecule has 1 unspecified atom stereocenters.